The van der Waals surface area contributed by atoms with Crippen molar-refractivity contribution in [3.8, 4) is 0 Å². The van der Waals surface area contributed by atoms with E-state index in [1.165, 1.54) is 0 Å². The van der Waals surface area contributed by atoms with E-state index in [9.17, 15) is 4.21 Å². The molecule has 1 aliphatic rings. The first-order valence-electron chi connectivity index (χ1n) is 4.51. The highest BCUT2D eigenvalue weighted by molar-refractivity contribution is 9.09. The van der Waals surface area contributed by atoms with Crippen LogP contribution < -0.4 is 0 Å². The Balaban J connectivity index is 2.59. The van der Waals surface area contributed by atoms with E-state index in [0.29, 0.717) is 13.2 Å². The molecule has 0 amide bonds. The van der Waals surface area contributed by atoms with Crippen molar-refractivity contribution in [1.29, 1.82) is 0 Å². The number of hydrogen-bond acceptors (Lipinski definition) is 2. The van der Waals surface area contributed by atoms with Gasteiger partial charge < -0.3 is 4.74 Å². The van der Waals surface area contributed by atoms with Crippen LogP contribution in [0.15, 0.2) is 4.40 Å². The van der Waals surface area contributed by atoms with Crippen LogP contribution in [0.5, 0.6) is 0 Å². The molecule has 0 saturated carbocycles. The fraction of sp³-hybridized carbons (Fsp3) is 0.889. The molecular weight excluding hydrogens is 266 g/mol. The van der Waals surface area contributed by atoms with E-state index in [1.54, 1.807) is 6.21 Å². The summed E-state index contributed by atoms with van der Waals surface area (Å²) >= 11 is 3.41. The molecule has 1 aliphatic heterocycles. The van der Waals surface area contributed by atoms with Crippen molar-refractivity contribution in [1.82, 2.24) is 0 Å². The van der Waals surface area contributed by atoms with Crippen LogP contribution >= 0.6 is 15.9 Å². The highest BCUT2D eigenvalue weighted by Gasteiger charge is 2.36. The number of halogens is 1. The number of rotatable bonds is 3. The summed E-state index contributed by atoms with van der Waals surface area (Å²) in [5, 5.41) is 0.810. The van der Waals surface area contributed by atoms with E-state index >= 15 is 0 Å². The van der Waals surface area contributed by atoms with Crippen LogP contribution in [0.25, 0.3) is 0 Å². The number of nitrogens with zero attached hydrogens (tertiary/aromatic N) is 1. The quantitative estimate of drug-likeness (QED) is 0.586. The first-order chi connectivity index (χ1) is 6.40. The van der Waals surface area contributed by atoms with Crippen LogP contribution in [0, 0.1) is 5.41 Å². The Morgan fingerprint density at radius 2 is 2.14 bits per heavy atom. The molecule has 1 fully saturated rings. The van der Waals surface area contributed by atoms with E-state index in [1.807, 2.05) is 20.8 Å². The third-order valence-corrected chi connectivity index (χ3v) is 4.45. The average molecular weight is 282 g/mol. The monoisotopic (exact) mass is 281 g/mol. The molecule has 0 aromatic rings. The number of alkyl halides is 1. The maximum Gasteiger partial charge on any atom is 0.144 e. The molecule has 0 bridgehead atoms. The van der Waals surface area contributed by atoms with Crippen LogP contribution in [0.1, 0.15) is 20.8 Å². The van der Waals surface area contributed by atoms with Crippen LogP contribution in [-0.2, 0) is 15.7 Å². The third kappa shape index (κ3) is 2.87. The zero-order chi connectivity index (χ0) is 10.8. The summed E-state index contributed by atoms with van der Waals surface area (Å²) < 4.78 is 20.6. The predicted molar refractivity (Wildman–Crippen MR) is 63.4 cm³/mol. The van der Waals surface area contributed by atoms with Gasteiger partial charge in [-0.2, -0.15) is 4.40 Å². The SMILES string of the molecule is CC(C)(C)S(=O)N=CC1(CBr)COC1. The van der Waals surface area contributed by atoms with Crippen LogP contribution in [0.2, 0.25) is 0 Å². The van der Waals surface area contributed by atoms with Gasteiger partial charge in [-0.3, -0.25) is 0 Å². The summed E-state index contributed by atoms with van der Waals surface area (Å²) in [6, 6.07) is 0. The van der Waals surface area contributed by atoms with Gasteiger partial charge in [0.25, 0.3) is 0 Å². The minimum absolute atomic E-state index is 0.0269. The van der Waals surface area contributed by atoms with E-state index in [-0.39, 0.29) is 10.2 Å². The number of ether oxygens (including phenoxy) is 1. The standard InChI is InChI=1S/C9H16BrNO2S/c1-8(2,3)14(12)11-5-9(4-10)6-13-7-9/h5H,4,6-7H2,1-3H3. The fourth-order valence-electron chi connectivity index (χ4n) is 0.868. The Morgan fingerprint density at radius 1 is 1.57 bits per heavy atom. The minimum Gasteiger partial charge on any atom is -0.379 e. The molecule has 0 N–H and O–H groups in total. The summed E-state index contributed by atoms with van der Waals surface area (Å²) in [6.45, 7) is 7.09. The van der Waals surface area contributed by atoms with Crippen molar-refractivity contribution < 1.29 is 8.95 Å². The number of hydrogen-bond donors (Lipinski definition) is 0. The largest absolute Gasteiger partial charge is 0.379 e. The first kappa shape index (κ1) is 12.3. The molecule has 1 rings (SSSR count). The van der Waals surface area contributed by atoms with Gasteiger partial charge in [-0.1, -0.05) is 15.9 Å². The molecule has 1 saturated heterocycles. The molecule has 3 nitrogen and oxygen atoms in total. The highest BCUT2D eigenvalue weighted by Crippen LogP contribution is 2.28. The normalized spacial score (nSPS) is 23.4. The maximum absolute atomic E-state index is 11.6. The molecule has 1 unspecified atom stereocenters. The van der Waals surface area contributed by atoms with Gasteiger partial charge in [0.1, 0.15) is 11.0 Å². The summed E-state index contributed by atoms with van der Waals surface area (Å²) in [7, 11) is -1.16. The van der Waals surface area contributed by atoms with Gasteiger partial charge in [0, 0.05) is 11.5 Å². The van der Waals surface area contributed by atoms with E-state index < -0.39 is 11.0 Å². The van der Waals surface area contributed by atoms with E-state index in [0.717, 1.165) is 5.33 Å². The highest BCUT2D eigenvalue weighted by atomic mass is 79.9. The van der Waals surface area contributed by atoms with Gasteiger partial charge in [0.2, 0.25) is 0 Å². The van der Waals surface area contributed by atoms with Gasteiger partial charge in [-0.25, -0.2) is 4.21 Å². The second-order valence-electron chi connectivity index (χ2n) is 4.58. The maximum atomic E-state index is 11.6. The molecule has 0 aromatic carbocycles. The van der Waals surface area contributed by atoms with Gasteiger partial charge in [-0.15, -0.1) is 0 Å². The molecule has 0 aliphatic carbocycles. The molecule has 0 aromatic heterocycles. The van der Waals surface area contributed by atoms with E-state index in [4.69, 9.17) is 4.74 Å². The van der Waals surface area contributed by atoms with Crippen molar-refractivity contribution in [3.05, 3.63) is 0 Å². The molecule has 0 spiro atoms. The lowest BCUT2D eigenvalue weighted by Crippen LogP contribution is -2.45. The van der Waals surface area contributed by atoms with Crippen molar-refractivity contribution in [2.75, 3.05) is 18.5 Å². The molecular formula is C9H16BrNO2S. The summed E-state index contributed by atoms with van der Waals surface area (Å²) in [5.74, 6) is 0. The topological polar surface area (TPSA) is 38.7 Å². The van der Waals surface area contributed by atoms with Crippen LogP contribution in [-0.4, -0.2) is 33.7 Å². The fourth-order valence-corrected chi connectivity index (χ4v) is 1.97. The zero-order valence-electron chi connectivity index (χ0n) is 8.75. The second kappa shape index (κ2) is 4.41. The summed E-state index contributed by atoms with van der Waals surface area (Å²) in [5.41, 5.74) is -0.0269. The van der Waals surface area contributed by atoms with E-state index in [2.05, 4.69) is 20.3 Å². The molecule has 0 radical (unpaired) electrons. The Hall–Kier alpha value is 0.260. The Labute approximate surface area is 96.0 Å². The van der Waals surface area contributed by atoms with Gasteiger partial charge in [0.15, 0.2) is 0 Å². The van der Waals surface area contributed by atoms with Gasteiger partial charge in [0.05, 0.1) is 23.4 Å². The van der Waals surface area contributed by atoms with Crippen molar-refractivity contribution in [2.24, 2.45) is 9.81 Å². The zero-order valence-corrected chi connectivity index (χ0v) is 11.2. The molecule has 1 heterocycles. The lowest BCUT2D eigenvalue weighted by atomic mass is 9.91. The van der Waals surface area contributed by atoms with Crippen LogP contribution in [0.3, 0.4) is 0 Å². The Morgan fingerprint density at radius 3 is 2.43 bits per heavy atom. The molecule has 5 heteroatoms. The Kier molecular flexibility index (Phi) is 3.88. The van der Waals surface area contributed by atoms with Gasteiger partial charge >= 0.3 is 0 Å². The lowest BCUT2D eigenvalue weighted by Gasteiger charge is -2.36. The smallest absolute Gasteiger partial charge is 0.144 e. The Bertz CT molecular complexity index is 251. The van der Waals surface area contributed by atoms with Crippen molar-refractivity contribution in [2.45, 2.75) is 25.5 Å². The van der Waals surface area contributed by atoms with Gasteiger partial charge in [-0.05, 0) is 20.8 Å². The first-order valence-corrected chi connectivity index (χ1v) is 6.73. The van der Waals surface area contributed by atoms with Crippen molar-refractivity contribution in [3.63, 3.8) is 0 Å². The predicted octanol–water partition coefficient (Wildman–Crippen LogP) is 1.93. The molecule has 1 atom stereocenters. The average Bonchev–Trinajstić information content (AvgIpc) is 2.01. The second-order valence-corrected chi connectivity index (χ2v) is 7.08. The third-order valence-electron chi connectivity index (χ3n) is 1.99. The van der Waals surface area contributed by atoms with Crippen molar-refractivity contribution >= 4 is 33.1 Å². The van der Waals surface area contributed by atoms with Crippen LogP contribution in [0.4, 0.5) is 0 Å². The summed E-state index contributed by atoms with van der Waals surface area (Å²) in [6.07, 6.45) is 1.78. The minimum atomic E-state index is -1.16. The molecule has 82 valence electrons. The lowest BCUT2D eigenvalue weighted by molar-refractivity contribution is -0.0518. The summed E-state index contributed by atoms with van der Waals surface area (Å²) in [4.78, 5) is 0. The molecule has 14 heavy (non-hydrogen) atoms.